The summed E-state index contributed by atoms with van der Waals surface area (Å²) in [5.74, 6) is 0.368. The lowest BCUT2D eigenvalue weighted by molar-refractivity contribution is -0.166. The predicted octanol–water partition coefficient (Wildman–Crippen LogP) is 4.60. The van der Waals surface area contributed by atoms with Crippen molar-refractivity contribution in [2.75, 3.05) is 33.9 Å². The zero-order chi connectivity index (χ0) is 27.3. The lowest BCUT2D eigenvalue weighted by atomic mass is 9.76. The number of H-pyrrole nitrogens is 1. The summed E-state index contributed by atoms with van der Waals surface area (Å²) in [4.78, 5) is 34.8. The number of aromatic amines is 1. The second kappa shape index (κ2) is 9.45. The lowest BCUT2D eigenvalue weighted by Gasteiger charge is -2.51. The van der Waals surface area contributed by atoms with Crippen LogP contribution in [0.5, 0.6) is 11.5 Å². The van der Waals surface area contributed by atoms with Gasteiger partial charge in [0, 0.05) is 35.5 Å². The first-order valence-corrected chi connectivity index (χ1v) is 13.0. The number of nitrogens with one attached hydrogen (secondary N) is 1. The largest absolute Gasteiger partial charge is 0.493 e. The molecule has 2 aliphatic rings. The topological polar surface area (TPSA) is 74.9 Å². The molecule has 0 saturated carbocycles. The Bertz CT molecular complexity index is 1600. The number of methoxy groups -OCH3 is 2. The van der Waals surface area contributed by atoms with Gasteiger partial charge in [-0.25, -0.2) is 4.39 Å². The molecule has 0 bridgehead atoms. The number of hydrogen-bond acceptors (Lipinski definition) is 4. The summed E-state index contributed by atoms with van der Waals surface area (Å²) < 4.78 is 25.1. The van der Waals surface area contributed by atoms with E-state index in [4.69, 9.17) is 9.47 Å². The fourth-order valence-electron chi connectivity index (χ4n) is 6.28. The second-order valence-corrected chi connectivity index (χ2v) is 10.3. The van der Waals surface area contributed by atoms with Gasteiger partial charge in [-0.3, -0.25) is 9.59 Å². The van der Waals surface area contributed by atoms with Crippen LogP contribution in [0.25, 0.3) is 10.9 Å². The van der Waals surface area contributed by atoms with Crippen LogP contribution in [-0.4, -0.2) is 60.5 Å². The number of nitrogens with zero attached hydrogens (tertiary/aromatic N) is 2. The van der Waals surface area contributed by atoms with Crippen molar-refractivity contribution >= 4 is 22.7 Å². The van der Waals surface area contributed by atoms with Gasteiger partial charge in [0.15, 0.2) is 17.0 Å². The van der Waals surface area contributed by atoms with Crippen molar-refractivity contribution in [3.05, 3.63) is 94.9 Å². The van der Waals surface area contributed by atoms with Crippen molar-refractivity contribution in [3.8, 4) is 11.5 Å². The summed E-state index contributed by atoms with van der Waals surface area (Å²) in [6, 6.07) is 20.0. The minimum absolute atomic E-state index is 0.0265. The average Bonchev–Trinajstić information content (AvgIpc) is 3.35. The Labute approximate surface area is 226 Å². The molecule has 6 rings (SSSR count). The van der Waals surface area contributed by atoms with Gasteiger partial charge in [0.05, 0.1) is 26.5 Å². The minimum atomic E-state index is -1.21. The van der Waals surface area contributed by atoms with E-state index >= 15 is 0 Å². The van der Waals surface area contributed by atoms with Crippen LogP contribution in [0.15, 0.2) is 66.7 Å². The van der Waals surface area contributed by atoms with Crippen LogP contribution in [0.2, 0.25) is 0 Å². The van der Waals surface area contributed by atoms with Crippen molar-refractivity contribution in [1.82, 2.24) is 14.8 Å². The van der Waals surface area contributed by atoms with E-state index in [0.717, 1.165) is 27.6 Å². The molecule has 1 saturated heterocycles. The predicted molar refractivity (Wildman–Crippen MR) is 145 cm³/mol. The van der Waals surface area contributed by atoms with E-state index in [9.17, 15) is 14.0 Å². The lowest BCUT2D eigenvalue weighted by Crippen LogP contribution is -2.67. The molecule has 200 valence electrons. The molecular weight excluding hydrogens is 497 g/mol. The average molecular weight is 528 g/mol. The van der Waals surface area contributed by atoms with Gasteiger partial charge in [0.2, 0.25) is 5.91 Å². The molecule has 2 aliphatic heterocycles. The van der Waals surface area contributed by atoms with Gasteiger partial charge in [0.1, 0.15) is 5.82 Å². The molecule has 39 heavy (non-hydrogen) atoms. The molecule has 1 aromatic heterocycles. The number of amides is 2. The Morgan fingerprint density at radius 2 is 1.82 bits per heavy atom. The third kappa shape index (κ3) is 3.85. The van der Waals surface area contributed by atoms with Gasteiger partial charge >= 0.3 is 0 Å². The number of fused-ring (bicyclic) bond motifs is 5. The van der Waals surface area contributed by atoms with Crippen molar-refractivity contribution in [2.24, 2.45) is 0 Å². The number of carbonyl (C=O) groups excluding carboxylic acids is 2. The van der Waals surface area contributed by atoms with Gasteiger partial charge in [-0.2, -0.15) is 0 Å². The molecule has 4 aromatic rings. The van der Waals surface area contributed by atoms with Crippen LogP contribution in [0.4, 0.5) is 4.39 Å². The van der Waals surface area contributed by atoms with E-state index in [1.807, 2.05) is 55.5 Å². The highest BCUT2D eigenvalue weighted by Crippen LogP contribution is 2.50. The highest BCUT2D eigenvalue weighted by molar-refractivity contribution is 6.01. The molecule has 0 spiro atoms. The summed E-state index contributed by atoms with van der Waals surface area (Å²) in [7, 11) is 3.21. The number of piperazine rings is 1. The summed E-state index contributed by atoms with van der Waals surface area (Å²) in [5, 5.41) is 1.00. The molecule has 7 nitrogen and oxygen atoms in total. The van der Waals surface area contributed by atoms with Crippen LogP contribution < -0.4 is 9.47 Å². The number of ether oxygens (including phenoxy) is 2. The first-order chi connectivity index (χ1) is 18.9. The van der Waals surface area contributed by atoms with Crippen molar-refractivity contribution in [1.29, 1.82) is 0 Å². The summed E-state index contributed by atoms with van der Waals surface area (Å²) in [6.07, 6.45) is 0.454. The summed E-state index contributed by atoms with van der Waals surface area (Å²) in [5.41, 5.74) is 3.03. The highest BCUT2D eigenvalue weighted by Gasteiger charge is 2.56. The first kappa shape index (κ1) is 25.0. The van der Waals surface area contributed by atoms with Gasteiger partial charge in [-0.05, 0) is 48.7 Å². The maximum absolute atomic E-state index is 14.2. The monoisotopic (exact) mass is 527 g/mol. The summed E-state index contributed by atoms with van der Waals surface area (Å²) >= 11 is 0. The van der Waals surface area contributed by atoms with Gasteiger partial charge in [-0.15, -0.1) is 0 Å². The smallest absolute Gasteiger partial charge is 0.254 e. The quantitative estimate of drug-likeness (QED) is 0.398. The first-order valence-electron chi connectivity index (χ1n) is 13.0. The normalized spacial score (nSPS) is 20.7. The van der Waals surface area contributed by atoms with Crippen molar-refractivity contribution < 1.29 is 23.5 Å². The Balaban J connectivity index is 1.47. The molecule has 1 fully saturated rings. The number of rotatable bonds is 6. The van der Waals surface area contributed by atoms with E-state index in [2.05, 4.69) is 4.98 Å². The third-order valence-electron chi connectivity index (χ3n) is 8.19. The fraction of sp³-hybridized carbons (Fsp3) is 0.290. The molecule has 3 heterocycles. The van der Waals surface area contributed by atoms with E-state index < -0.39 is 5.54 Å². The molecule has 0 radical (unpaired) electrons. The van der Waals surface area contributed by atoms with E-state index in [1.54, 1.807) is 30.1 Å². The Morgan fingerprint density at radius 1 is 1.03 bits per heavy atom. The zero-order valence-electron chi connectivity index (χ0n) is 22.2. The number of carbonyl (C=O) groups is 2. The SMILES string of the molecule is COc1cccc([C@@H]2CN3C(=O)CN(CCc4cccc(F)c4)C(=O)[C@]3(C)c3[nH]c4ccccc4c32)c1OC. The fourth-order valence-corrected chi connectivity index (χ4v) is 6.28. The van der Waals surface area contributed by atoms with Gasteiger partial charge in [0.25, 0.3) is 5.91 Å². The number of benzene rings is 3. The third-order valence-corrected chi connectivity index (χ3v) is 8.19. The minimum Gasteiger partial charge on any atom is -0.493 e. The summed E-state index contributed by atoms with van der Waals surface area (Å²) in [6.45, 7) is 2.44. The van der Waals surface area contributed by atoms with E-state index in [1.165, 1.54) is 12.1 Å². The molecule has 1 N–H and O–H groups in total. The molecule has 2 amide bonds. The Morgan fingerprint density at radius 3 is 2.59 bits per heavy atom. The Hall–Kier alpha value is -4.33. The molecule has 3 aromatic carbocycles. The second-order valence-electron chi connectivity index (χ2n) is 10.3. The van der Waals surface area contributed by atoms with Crippen LogP contribution in [-0.2, 0) is 21.5 Å². The van der Waals surface area contributed by atoms with Crippen LogP contribution in [0, 0.1) is 5.82 Å². The molecular formula is C31H30FN3O4. The van der Waals surface area contributed by atoms with Crippen LogP contribution in [0.3, 0.4) is 0 Å². The van der Waals surface area contributed by atoms with Crippen LogP contribution in [0.1, 0.15) is 35.2 Å². The van der Waals surface area contributed by atoms with Crippen molar-refractivity contribution in [3.63, 3.8) is 0 Å². The molecule has 8 heteroatoms. The maximum Gasteiger partial charge on any atom is 0.254 e. The highest BCUT2D eigenvalue weighted by atomic mass is 19.1. The molecule has 2 atom stereocenters. The number of hydrogen-bond donors (Lipinski definition) is 1. The van der Waals surface area contributed by atoms with E-state index in [-0.39, 0.29) is 30.1 Å². The van der Waals surface area contributed by atoms with Crippen molar-refractivity contribution in [2.45, 2.75) is 24.8 Å². The Kier molecular flexibility index (Phi) is 6.05. The maximum atomic E-state index is 14.2. The molecule has 0 unspecified atom stereocenters. The van der Waals surface area contributed by atoms with Crippen LogP contribution >= 0.6 is 0 Å². The number of aromatic nitrogens is 1. The van der Waals surface area contributed by atoms with Gasteiger partial charge < -0.3 is 24.3 Å². The van der Waals surface area contributed by atoms with E-state index in [0.29, 0.717) is 36.7 Å². The zero-order valence-corrected chi connectivity index (χ0v) is 22.2. The van der Waals surface area contributed by atoms with Gasteiger partial charge in [-0.1, -0.05) is 42.5 Å². The standard InChI is InChI=1S/C31H30FN3O4/c1-31-29-27(22-10-4-5-12-24(22)33-29)23(21-11-7-13-25(38-2)28(21)39-3)17-35(31)26(36)18-34(30(31)37)15-14-19-8-6-9-20(32)16-19/h4-13,16,23,33H,14-15,17-18H2,1-3H3/t23-,31-/m0/s1. The number of halogens is 1. The number of para-hydroxylation sites is 2. The molecule has 0 aliphatic carbocycles.